The van der Waals surface area contributed by atoms with Crippen LogP contribution in [0.4, 0.5) is 11.4 Å². The molecule has 2 aromatic carbocycles. The molecule has 0 radical (unpaired) electrons. The summed E-state index contributed by atoms with van der Waals surface area (Å²) in [6.45, 7) is 0.130. The lowest BCUT2D eigenvalue weighted by atomic mass is 10.1. The van der Waals surface area contributed by atoms with Crippen LogP contribution in [0.1, 0.15) is 18.4 Å². The maximum Gasteiger partial charge on any atom is 0.232 e. The van der Waals surface area contributed by atoms with Crippen LogP contribution in [-0.2, 0) is 21.2 Å². The number of nitrogens with one attached hydrogen (secondary N) is 1. The largest absolute Gasteiger partial charge is 0.326 e. The molecule has 148 valence electrons. The normalized spacial score (nSPS) is 10.9. The van der Waals surface area contributed by atoms with Gasteiger partial charge in [0.05, 0.1) is 34.5 Å². The van der Waals surface area contributed by atoms with Crippen molar-refractivity contribution in [1.29, 1.82) is 5.26 Å². The zero-order valence-electron chi connectivity index (χ0n) is 15.2. The van der Waals surface area contributed by atoms with Crippen molar-refractivity contribution in [2.24, 2.45) is 0 Å². The van der Waals surface area contributed by atoms with Crippen LogP contribution in [0.5, 0.6) is 0 Å². The van der Waals surface area contributed by atoms with Gasteiger partial charge in [0.25, 0.3) is 0 Å². The molecule has 0 fully saturated rings. The molecule has 0 aliphatic rings. The number of halogens is 2. The van der Waals surface area contributed by atoms with E-state index in [-0.39, 0.29) is 23.9 Å². The van der Waals surface area contributed by atoms with Crippen LogP contribution in [0.2, 0.25) is 10.0 Å². The quantitative estimate of drug-likeness (QED) is 0.665. The smallest absolute Gasteiger partial charge is 0.232 e. The van der Waals surface area contributed by atoms with E-state index < -0.39 is 10.0 Å². The lowest BCUT2D eigenvalue weighted by Gasteiger charge is -2.22. The van der Waals surface area contributed by atoms with Crippen molar-refractivity contribution in [3.05, 3.63) is 58.1 Å². The number of sulfonamides is 1. The maximum atomic E-state index is 12.1. The van der Waals surface area contributed by atoms with Gasteiger partial charge in [-0.2, -0.15) is 5.26 Å². The second kappa shape index (κ2) is 9.78. The molecule has 9 heteroatoms. The van der Waals surface area contributed by atoms with E-state index in [0.29, 0.717) is 29.2 Å². The molecule has 0 aromatic heterocycles. The Morgan fingerprint density at radius 3 is 2.39 bits per heavy atom. The van der Waals surface area contributed by atoms with Crippen LogP contribution in [0.3, 0.4) is 0 Å². The molecular formula is C19H19Cl2N3O3S. The van der Waals surface area contributed by atoms with E-state index in [4.69, 9.17) is 28.5 Å². The number of benzene rings is 2. The number of carbonyl (C=O) groups excluding carboxylic acids is 1. The molecule has 1 N–H and O–H groups in total. The van der Waals surface area contributed by atoms with E-state index in [9.17, 15) is 13.2 Å². The van der Waals surface area contributed by atoms with Crippen molar-refractivity contribution in [2.75, 3.05) is 22.4 Å². The summed E-state index contributed by atoms with van der Waals surface area (Å²) in [6.07, 6.45) is 1.88. The van der Waals surface area contributed by atoms with Gasteiger partial charge in [-0.15, -0.1) is 0 Å². The third-order valence-electron chi connectivity index (χ3n) is 3.88. The van der Waals surface area contributed by atoms with E-state index in [1.807, 2.05) is 0 Å². The van der Waals surface area contributed by atoms with Crippen LogP contribution >= 0.6 is 23.2 Å². The van der Waals surface area contributed by atoms with Gasteiger partial charge in [-0.05, 0) is 42.3 Å². The predicted molar refractivity (Wildman–Crippen MR) is 112 cm³/mol. The average Bonchev–Trinajstić information content (AvgIpc) is 2.62. The summed E-state index contributed by atoms with van der Waals surface area (Å²) < 4.78 is 25.4. The van der Waals surface area contributed by atoms with Crippen LogP contribution in [0, 0.1) is 11.3 Å². The van der Waals surface area contributed by atoms with Crippen LogP contribution in [0.25, 0.3) is 0 Å². The molecule has 2 rings (SSSR count). The summed E-state index contributed by atoms with van der Waals surface area (Å²) in [5.41, 5.74) is 1.88. The summed E-state index contributed by atoms with van der Waals surface area (Å²) in [4.78, 5) is 12.1. The average molecular weight is 440 g/mol. The summed E-state index contributed by atoms with van der Waals surface area (Å²) in [5.74, 6) is -0.226. The zero-order valence-corrected chi connectivity index (χ0v) is 17.5. The second-order valence-electron chi connectivity index (χ2n) is 6.12. The number of hydrogen-bond donors (Lipinski definition) is 1. The molecule has 2 aromatic rings. The van der Waals surface area contributed by atoms with Crippen LogP contribution in [-0.4, -0.2) is 27.1 Å². The minimum Gasteiger partial charge on any atom is -0.326 e. The van der Waals surface area contributed by atoms with Gasteiger partial charge in [0.1, 0.15) is 0 Å². The minimum atomic E-state index is -3.54. The lowest BCUT2D eigenvalue weighted by molar-refractivity contribution is -0.116. The molecule has 0 bridgehead atoms. The van der Waals surface area contributed by atoms with Crippen molar-refractivity contribution in [1.82, 2.24) is 0 Å². The summed E-state index contributed by atoms with van der Waals surface area (Å²) in [7, 11) is -3.54. The number of carbonyl (C=O) groups is 1. The number of nitrogens with zero attached hydrogens (tertiary/aromatic N) is 2. The first kappa shape index (κ1) is 22.0. The van der Waals surface area contributed by atoms with E-state index in [0.717, 1.165) is 11.8 Å². The number of nitriles is 1. The Morgan fingerprint density at radius 1 is 1.14 bits per heavy atom. The van der Waals surface area contributed by atoms with Crippen molar-refractivity contribution in [2.45, 2.75) is 19.3 Å². The van der Waals surface area contributed by atoms with Gasteiger partial charge in [0, 0.05) is 18.7 Å². The molecule has 0 saturated carbocycles. The number of hydrogen-bond acceptors (Lipinski definition) is 4. The third kappa shape index (κ3) is 6.41. The Bertz CT molecular complexity index is 986. The number of anilines is 2. The topological polar surface area (TPSA) is 90.3 Å². The summed E-state index contributed by atoms with van der Waals surface area (Å²) >= 11 is 11.9. The summed E-state index contributed by atoms with van der Waals surface area (Å²) in [6, 6.07) is 13.6. The second-order valence-corrected chi connectivity index (χ2v) is 8.84. The van der Waals surface area contributed by atoms with E-state index in [2.05, 4.69) is 11.4 Å². The standard InChI is InChI=1S/C19H19Cl2N3O3S/c1-28(26,27)24(16-8-9-17(20)18(21)13-16)12-2-3-19(25)23-15-6-4-14(5-7-15)10-11-22/h4-9,13H,2-3,10,12H2,1H3,(H,23,25). The Morgan fingerprint density at radius 2 is 1.82 bits per heavy atom. The molecule has 0 atom stereocenters. The molecule has 1 amide bonds. The Balaban J connectivity index is 1.95. The highest BCUT2D eigenvalue weighted by Gasteiger charge is 2.18. The predicted octanol–water partition coefficient (Wildman–Crippen LogP) is 4.24. The molecule has 0 aliphatic carbocycles. The fourth-order valence-corrected chi connectivity index (χ4v) is 3.78. The molecule has 0 spiro atoms. The zero-order chi connectivity index (χ0) is 20.7. The highest BCUT2D eigenvalue weighted by atomic mass is 35.5. The first-order valence-electron chi connectivity index (χ1n) is 8.39. The van der Waals surface area contributed by atoms with E-state index in [1.54, 1.807) is 30.3 Å². The van der Waals surface area contributed by atoms with Crippen LogP contribution < -0.4 is 9.62 Å². The molecule has 6 nitrogen and oxygen atoms in total. The molecule has 0 unspecified atom stereocenters. The first-order chi connectivity index (χ1) is 13.2. The molecule has 0 saturated heterocycles. The Kier molecular flexibility index (Phi) is 7.69. The monoisotopic (exact) mass is 439 g/mol. The maximum absolute atomic E-state index is 12.1. The summed E-state index contributed by atoms with van der Waals surface area (Å²) in [5, 5.41) is 12.0. The Hall–Kier alpha value is -2.27. The Labute approximate surface area is 174 Å². The lowest BCUT2D eigenvalue weighted by Crippen LogP contribution is -2.31. The van der Waals surface area contributed by atoms with Gasteiger partial charge in [0.15, 0.2) is 0 Å². The highest BCUT2D eigenvalue weighted by molar-refractivity contribution is 7.92. The van der Waals surface area contributed by atoms with Gasteiger partial charge >= 0.3 is 0 Å². The van der Waals surface area contributed by atoms with Gasteiger partial charge in [-0.25, -0.2) is 8.42 Å². The van der Waals surface area contributed by atoms with E-state index in [1.165, 1.54) is 16.4 Å². The first-order valence-corrected chi connectivity index (χ1v) is 11.0. The van der Waals surface area contributed by atoms with E-state index >= 15 is 0 Å². The fourth-order valence-electron chi connectivity index (χ4n) is 2.53. The van der Waals surface area contributed by atoms with Crippen molar-refractivity contribution in [3.63, 3.8) is 0 Å². The van der Waals surface area contributed by atoms with Gasteiger partial charge in [-0.3, -0.25) is 9.10 Å². The minimum absolute atomic E-state index is 0.130. The number of rotatable bonds is 8. The molecule has 0 heterocycles. The van der Waals surface area contributed by atoms with Gasteiger partial charge in [-0.1, -0.05) is 35.3 Å². The van der Waals surface area contributed by atoms with Gasteiger partial charge in [0.2, 0.25) is 15.9 Å². The fraction of sp³-hybridized carbons (Fsp3) is 0.263. The molecular weight excluding hydrogens is 421 g/mol. The van der Waals surface area contributed by atoms with Crippen molar-refractivity contribution >= 4 is 50.5 Å². The molecule has 0 aliphatic heterocycles. The number of amides is 1. The van der Waals surface area contributed by atoms with Crippen molar-refractivity contribution in [3.8, 4) is 6.07 Å². The SMILES string of the molecule is CS(=O)(=O)N(CCCC(=O)Nc1ccc(CC#N)cc1)c1ccc(Cl)c(Cl)c1. The van der Waals surface area contributed by atoms with Crippen LogP contribution in [0.15, 0.2) is 42.5 Å². The van der Waals surface area contributed by atoms with Gasteiger partial charge < -0.3 is 5.32 Å². The van der Waals surface area contributed by atoms with Crippen molar-refractivity contribution < 1.29 is 13.2 Å². The highest BCUT2D eigenvalue weighted by Crippen LogP contribution is 2.28. The third-order valence-corrected chi connectivity index (χ3v) is 5.81. The molecule has 28 heavy (non-hydrogen) atoms.